The zero-order valence-electron chi connectivity index (χ0n) is 17.9. The Kier molecular flexibility index (Phi) is 8.28. The van der Waals surface area contributed by atoms with Crippen molar-refractivity contribution in [1.29, 1.82) is 0 Å². The summed E-state index contributed by atoms with van der Waals surface area (Å²) in [5, 5.41) is 5.98. The smallest absolute Gasteiger partial charge is 0.309 e. The molecule has 1 heterocycles. The summed E-state index contributed by atoms with van der Waals surface area (Å²) in [5.41, 5.74) is 1.83. The normalized spacial score (nSPS) is 15.8. The highest BCUT2D eigenvalue weighted by molar-refractivity contribution is 6.35. The van der Waals surface area contributed by atoms with Crippen LogP contribution in [0.25, 0.3) is 0 Å². The van der Waals surface area contributed by atoms with Crippen molar-refractivity contribution in [3.05, 3.63) is 64.7 Å². The molecule has 1 saturated heterocycles. The largest absolute Gasteiger partial charge is 0.497 e. The van der Waals surface area contributed by atoms with Gasteiger partial charge >= 0.3 is 11.8 Å². The number of likely N-dealkylation sites (N-methyl/N-ethyl adjacent to an activating group) is 1. The van der Waals surface area contributed by atoms with Crippen LogP contribution >= 0.6 is 11.6 Å². The van der Waals surface area contributed by atoms with Crippen LogP contribution in [0.15, 0.2) is 48.5 Å². The molecule has 166 valence electrons. The first-order valence-corrected chi connectivity index (χ1v) is 10.7. The molecule has 2 aromatic carbocycles. The van der Waals surface area contributed by atoms with E-state index >= 15 is 0 Å². The Morgan fingerprint density at radius 1 is 1.00 bits per heavy atom. The molecule has 1 atom stereocenters. The number of nitrogens with one attached hydrogen (secondary N) is 2. The highest BCUT2D eigenvalue weighted by Gasteiger charge is 2.25. The Hall–Kier alpha value is -2.61. The van der Waals surface area contributed by atoms with E-state index in [4.69, 9.17) is 16.3 Å². The molecule has 0 radical (unpaired) electrons. The molecule has 0 aromatic heterocycles. The van der Waals surface area contributed by atoms with Gasteiger partial charge in [0, 0.05) is 44.3 Å². The van der Waals surface area contributed by atoms with Gasteiger partial charge in [0.2, 0.25) is 0 Å². The summed E-state index contributed by atoms with van der Waals surface area (Å²) in [7, 11) is 3.74. The van der Waals surface area contributed by atoms with Gasteiger partial charge in [0.15, 0.2) is 0 Å². The van der Waals surface area contributed by atoms with E-state index in [0.717, 1.165) is 43.1 Å². The number of hydrogen-bond donors (Lipinski definition) is 2. The fourth-order valence-corrected chi connectivity index (χ4v) is 3.79. The lowest BCUT2D eigenvalue weighted by Crippen LogP contribution is -2.49. The van der Waals surface area contributed by atoms with E-state index in [-0.39, 0.29) is 12.6 Å². The minimum absolute atomic E-state index is 0.0278. The summed E-state index contributed by atoms with van der Waals surface area (Å²) < 4.78 is 5.26. The van der Waals surface area contributed by atoms with Crippen LogP contribution in [0.5, 0.6) is 5.75 Å². The molecule has 2 aromatic rings. The van der Waals surface area contributed by atoms with Gasteiger partial charge in [0.05, 0.1) is 13.2 Å². The number of amides is 2. The number of methoxy groups -OCH3 is 1. The number of ether oxygens (including phenoxy) is 1. The Bertz CT molecular complexity index is 883. The number of benzene rings is 2. The predicted molar refractivity (Wildman–Crippen MR) is 121 cm³/mol. The molecule has 2 amide bonds. The van der Waals surface area contributed by atoms with Gasteiger partial charge in [-0.3, -0.25) is 14.5 Å². The summed E-state index contributed by atoms with van der Waals surface area (Å²) >= 11 is 6.11. The zero-order chi connectivity index (χ0) is 22.2. The lowest BCUT2D eigenvalue weighted by Gasteiger charge is -2.38. The average Bonchev–Trinajstić information content (AvgIpc) is 2.79. The molecule has 3 rings (SSSR count). The SMILES string of the molecule is COc1ccc([C@@H](CNC(=O)C(=O)NCc2ccccc2Cl)N2CCN(C)CC2)cc1. The van der Waals surface area contributed by atoms with Crippen LogP contribution in [0.1, 0.15) is 17.2 Å². The zero-order valence-corrected chi connectivity index (χ0v) is 18.7. The van der Waals surface area contributed by atoms with Gasteiger partial charge in [-0.25, -0.2) is 0 Å². The van der Waals surface area contributed by atoms with E-state index in [0.29, 0.717) is 11.6 Å². The van der Waals surface area contributed by atoms with Crippen LogP contribution in [-0.4, -0.2) is 68.5 Å². The predicted octanol–water partition coefficient (Wildman–Crippen LogP) is 2.07. The number of carbonyl (C=O) groups is 2. The molecule has 8 heteroatoms. The molecule has 0 spiro atoms. The fraction of sp³-hybridized carbons (Fsp3) is 0.391. The van der Waals surface area contributed by atoms with Gasteiger partial charge in [-0.15, -0.1) is 0 Å². The third-order valence-corrected chi connectivity index (χ3v) is 5.91. The van der Waals surface area contributed by atoms with E-state index in [1.807, 2.05) is 42.5 Å². The van der Waals surface area contributed by atoms with E-state index in [1.54, 1.807) is 13.2 Å². The van der Waals surface area contributed by atoms with Gasteiger partial charge in [-0.1, -0.05) is 41.9 Å². The molecular weight excluding hydrogens is 416 g/mol. The monoisotopic (exact) mass is 444 g/mol. The van der Waals surface area contributed by atoms with Crippen LogP contribution in [0, 0.1) is 0 Å². The number of piperazine rings is 1. The van der Waals surface area contributed by atoms with Gasteiger partial charge in [0.1, 0.15) is 5.75 Å². The van der Waals surface area contributed by atoms with Crippen LogP contribution in [0.2, 0.25) is 5.02 Å². The maximum atomic E-state index is 12.4. The quantitative estimate of drug-likeness (QED) is 0.639. The van der Waals surface area contributed by atoms with Crippen molar-refractivity contribution >= 4 is 23.4 Å². The number of rotatable bonds is 7. The van der Waals surface area contributed by atoms with Gasteiger partial charge in [0.25, 0.3) is 0 Å². The topological polar surface area (TPSA) is 73.9 Å². The van der Waals surface area contributed by atoms with Crippen molar-refractivity contribution in [2.24, 2.45) is 0 Å². The minimum atomic E-state index is -0.674. The highest BCUT2D eigenvalue weighted by Crippen LogP contribution is 2.24. The third-order valence-electron chi connectivity index (χ3n) is 5.54. The van der Waals surface area contributed by atoms with E-state index < -0.39 is 11.8 Å². The number of nitrogens with zero attached hydrogens (tertiary/aromatic N) is 2. The van der Waals surface area contributed by atoms with Crippen LogP contribution in [0.3, 0.4) is 0 Å². The summed E-state index contributed by atoms with van der Waals surface area (Å²) in [6, 6.07) is 15.0. The number of halogens is 1. The van der Waals surface area contributed by atoms with E-state index in [9.17, 15) is 9.59 Å². The lowest BCUT2D eigenvalue weighted by molar-refractivity contribution is -0.139. The van der Waals surface area contributed by atoms with Crippen LogP contribution in [-0.2, 0) is 16.1 Å². The Morgan fingerprint density at radius 3 is 2.29 bits per heavy atom. The van der Waals surface area contributed by atoms with E-state index in [1.165, 1.54) is 0 Å². The summed E-state index contributed by atoms with van der Waals surface area (Å²) in [5.74, 6) is -0.546. The number of hydrogen-bond acceptors (Lipinski definition) is 5. The van der Waals surface area contributed by atoms with Gasteiger partial charge in [-0.05, 0) is 36.4 Å². The first-order chi connectivity index (χ1) is 15.0. The molecule has 0 saturated carbocycles. The van der Waals surface area contributed by atoms with Gasteiger partial charge < -0.3 is 20.3 Å². The van der Waals surface area contributed by atoms with Gasteiger partial charge in [-0.2, -0.15) is 0 Å². The molecule has 1 aliphatic rings. The second kappa shape index (κ2) is 11.1. The average molecular weight is 445 g/mol. The first-order valence-electron chi connectivity index (χ1n) is 10.3. The first kappa shape index (κ1) is 23.1. The standard InChI is InChI=1S/C23H29ClN4O3/c1-27-11-13-28(14-12-27)21(17-7-9-19(31-2)10-8-17)16-26-23(30)22(29)25-15-18-5-3-4-6-20(18)24/h3-10,21H,11-16H2,1-2H3,(H,25,29)(H,26,30)/t21-/m1/s1. The van der Waals surface area contributed by atoms with Crippen molar-refractivity contribution in [3.63, 3.8) is 0 Å². The maximum absolute atomic E-state index is 12.4. The van der Waals surface area contributed by atoms with Crippen molar-refractivity contribution < 1.29 is 14.3 Å². The molecule has 31 heavy (non-hydrogen) atoms. The fourth-order valence-electron chi connectivity index (χ4n) is 3.58. The Balaban J connectivity index is 1.61. The molecule has 1 aliphatic heterocycles. The second-order valence-corrected chi connectivity index (χ2v) is 8.02. The highest BCUT2D eigenvalue weighted by atomic mass is 35.5. The summed E-state index contributed by atoms with van der Waals surface area (Å²) in [6.07, 6.45) is 0. The van der Waals surface area contributed by atoms with Crippen LogP contribution < -0.4 is 15.4 Å². The Labute approximate surface area is 188 Å². The summed E-state index contributed by atoms with van der Waals surface area (Å²) in [6.45, 7) is 4.24. The maximum Gasteiger partial charge on any atom is 0.309 e. The summed E-state index contributed by atoms with van der Waals surface area (Å²) in [4.78, 5) is 29.3. The molecule has 1 fully saturated rings. The van der Waals surface area contributed by atoms with Crippen molar-refractivity contribution in [3.8, 4) is 5.75 Å². The second-order valence-electron chi connectivity index (χ2n) is 7.61. The molecule has 0 unspecified atom stereocenters. The molecule has 2 N–H and O–H groups in total. The van der Waals surface area contributed by atoms with Crippen molar-refractivity contribution in [2.45, 2.75) is 12.6 Å². The molecule has 0 bridgehead atoms. The van der Waals surface area contributed by atoms with E-state index in [2.05, 4.69) is 27.5 Å². The minimum Gasteiger partial charge on any atom is -0.497 e. The van der Waals surface area contributed by atoms with Crippen molar-refractivity contribution in [2.75, 3.05) is 46.9 Å². The molecule has 0 aliphatic carbocycles. The molecule has 7 nitrogen and oxygen atoms in total. The third kappa shape index (κ3) is 6.43. The van der Waals surface area contributed by atoms with Crippen molar-refractivity contribution in [1.82, 2.24) is 20.4 Å². The Morgan fingerprint density at radius 2 is 1.65 bits per heavy atom. The van der Waals surface area contributed by atoms with Crippen LogP contribution in [0.4, 0.5) is 0 Å². The lowest BCUT2D eigenvalue weighted by atomic mass is 10.0. The molecular formula is C23H29ClN4O3. The number of carbonyl (C=O) groups excluding carboxylic acids is 2.